The Hall–Kier alpha value is -2.60. The van der Waals surface area contributed by atoms with Gasteiger partial charge in [0.15, 0.2) is 0 Å². The molecule has 3 rings (SSSR count). The van der Waals surface area contributed by atoms with Crippen LogP contribution in [0.2, 0.25) is 5.02 Å². The van der Waals surface area contributed by atoms with Crippen LogP contribution in [0.1, 0.15) is 43.4 Å². The van der Waals surface area contributed by atoms with E-state index in [4.69, 9.17) is 22.1 Å². The molecule has 0 aliphatic carbocycles. The number of primary amides is 1. The smallest absolute Gasteiger partial charge is 0.411 e. The Kier molecular flexibility index (Phi) is 5.89. The number of halogens is 2. The van der Waals surface area contributed by atoms with Crippen molar-refractivity contribution in [2.24, 2.45) is 5.73 Å². The van der Waals surface area contributed by atoms with Gasteiger partial charge in [0, 0.05) is 30.8 Å². The minimum atomic E-state index is -1.00. The number of rotatable bonds is 6. The van der Waals surface area contributed by atoms with E-state index in [1.165, 1.54) is 12.1 Å². The number of carbonyl (C=O) groups excluding carboxylic acids is 2. The maximum absolute atomic E-state index is 13.4. The number of benzene rings is 2. The van der Waals surface area contributed by atoms with Gasteiger partial charge in [0.25, 0.3) is 0 Å². The predicted molar refractivity (Wildman–Crippen MR) is 104 cm³/mol. The van der Waals surface area contributed by atoms with E-state index >= 15 is 0 Å². The summed E-state index contributed by atoms with van der Waals surface area (Å²) in [5.41, 5.74) is 5.90. The lowest BCUT2D eigenvalue weighted by atomic mass is 9.84. The third-order valence-electron chi connectivity index (χ3n) is 5.24. The van der Waals surface area contributed by atoms with Gasteiger partial charge in [-0.05, 0) is 42.3 Å². The minimum Gasteiger partial charge on any atom is -0.438 e. The van der Waals surface area contributed by atoms with Crippen molar-refractivity contribution in [3.05, 3.63) is 70.5 Å². The summed E-state index contributed by atoms with van der Waals surface area (Å²) in [6, 6.07) is 12.9. The number of ether oxygens (including phenoxy) is 1. The van der Waals surface area contributed by atoms with Gasteiger partial charge in [-0.25, -0.2) is 9.18 Å². The third-order valence-corrected chi connectivity index (χ3v) is 5.49. The second-order valence-electron chi connectivity index (χ2n) is 7.01. The van der Waals surface area contributed by atoms with Crippen LogP contribution in [0.3, 0.4) is 0 Å². The highest BCUT2D eigenvalue weighted by molar-refractivity contribution is 6.30. The zero-order valence-electron chi connectivity index (χ0n) is 15.5. The van der Waals surface area contributed by atoms with Crippen LogP contribution >= 0.6 is 11.6 Å². The molecule has 1 unspecified atom stereocenters. The molecule has 0 saturated carbocycles. The van der Waals surface area contributed by atoms with E-state index in [1.54, 1.807) is 29.2 Å². The number of nitrogens with zero attached hydrogens (tertiary/aromatic N) is 1. The van der Waals surface area contributed by atoms with Gasteiger partial charge >= 0.3 is 6.09 Å². The first-order valence-electron chi connectivity index (χ1n) is 9.10. The normalized spacial score (nSPS) is 20.5. The number of carbonyl (C=O) groups is 2. The number of hydrogen-bond acceptors (Lipinski definition) is 3. The van der Waals surface area contributed by atoms with Gasteiger partial charge in [-0.15, -0.1) is 0 Å². The first kappa shape index (κ1) is 20.1. The summed E-state index contributed by atoms with van der Waals surface area (Å²) in [5.74, 6) is -0.858. The molecule has 2 aromatic carbocycles. The van der Waals surface area contributed by atoms with E-state index in [1.807, 2.05) is 19.1 Å². The molecule has 1 saturated heterocycles. The summed E-state index contributed by atoms with van der Waals surface area (Å²) in [5, 5.41) is 0.624. The molecule has 1 aliphatic rings. The van der Waals surface area contributed by atoms with Crippen molar-refractivity contribution in [2.45, 2.75) is 37.8 Å². The van der Waals surface area contributed by atoms with Crippen LogP contribution in [0, 0.1) is 5.82 Å². The zero-order valence-corrected chi connectivity index (χ0v) is 16.3. The Balaban J connectivity index is 1.83. The average molecular weight is 405 g/mol. The SMILES string of the molecule is C[C@@H](c1ccc(Cl)cc1)N1CCC(CCC(N)=O)(c2ccc(F)cc2)OC1=O. The Labute approximate surface area is 168 Å². The molecule has 2 N–H and O–H groups in total. The molecule has 7 heteroatoms. The number of hydrogen-bond donors (Lipinski definition) is 1. The molecule has 28 heavy (non-hydrogen) atoms. The quantitative estimate of drug-likeness (QED) is 0.767. The summed E-state index contributed by atoms with van der Waals surface area (Å²) < 4.78 is 19.2. The first-order chi connectivity index (χ1) is 13.3. The highest BCUT2D eigenvalue weighted by atomic mass is 35.5. The van der Waals surface area contributed by atoms with Crippen LogP contribution in [0.5, 0.6) is 0 Å². The fraction of sp³-hybridized carbons (Fsp3) is 0.333. The summed E-state index contributed by atoms with van der Waals surface area (Å²) in [7, 11) is 0. The molecule has 1 aliphatic heterocycles. The topological polar surface area (TPSA) is 72.6 Å². The van der Waals surface area contributed by atoms with Gasteiger partial charge in [-0.2, -0.15) is 0 Å². The van der Waals surface area contributed by atoms with Crippen molar-refractivity contribution in [1.29, 1.82) is 0 Å². The molecule has 2 atom stereocenters. The average Bonchev–Trinajstić information content (AvgIpc) is 2.67. The van der Waals surface area contributed by atoms with Gasteiger partial charge in [-0.3, -0.25) is 4.79 Å². The van der Waals surface area contributed by atoms with Crippen molar-refractivity contribution in [2.75, 3.05) is 6.54 Å². The summed E-state index contributed by atoms with van der Waals surface area (Å²) >= 11 is 5.94. The van der Waals surface area contributed by atoms with E-state index in [2.05, 4.69) is 0 Å². The maximum Gasteiger partial charge on any atom is 0.411 e. The first-order valence-corrected chi connectivity index (χ1v) is 9.48. The Bertz CT molecular complexity index is 857. The minimum absolute atomic E-state index is 0.0669. The van der Waals surface area contributed by atoms with Crippen molar-refractivity contribution in [3.8, 4) is 0 Å². The van der Waals surface area contributed by atoms with Crippen LogP contribution in [-0.4, -0.2) is 23.4 Å². The molecule has 1 fully saturated rings. The van der Waals surface area contributed by atoms with E-state index < -0.39 is 17.6 Å². The van der Waals surface area contributed by atoms with Crippen molar-refractivity contribution in [3.63, 3.8) is 0 Å². The summed E-state index contributed by atoms with van der Waals surface area (Å²) in [6.07, 6.45) is 0.304. The van der Waals surface area contributed by atoms with Gasteiger partial charge < -0.3 is 15.4 Å². The number of amides is 2. The van der Waals surface area contributed by atoms with Gasteiger partial charge in [0.1, 0.15) is 11.4 Å². The van der Waals surface area contributed by atoms with E-state index in [0.717, 1.165) is 5.56 Å². The molecule has 0 spiro atoms. The molecular formula is C21H22ClFN2O3. The van der Waals surface area contributed by atoms with Gasteiger partial charge in [-0.1, -0.05) is 35.9 Å². The van der Waals surface area contributed by atoms with Crippen molar-refractivity contribution < 1.29 is 18.7 Å². The molecule has 1 heterocycles. The molecule has 0 aromatic heterocycles. The Morgan fingerprint density at radius 1 is 1.25 bits per heavy atom. The van der Waals surface area contributed by atoms with Crippen LogP contribution in [0.25, 0.3) is 0 Å². The van der Waals surface area contributed by atoms with Crippen molar-refractivity contribution >= 4 is 23.6 Å². The lowest BCUT2D eigenvalue weighted by Crippen LogP contribution is -2.49. The molecule has 148 valence electrons. The van der Waals surface area contributed by atoms with Crippen LogP contribution in [0.4, 0.5) is 9.18 Å². The fourth-order valence-electron chi connectivity index (χ4n) is 3.54. The van der Waals surface area contributed by atoms with Crippen molar-refractivity contribution in [1.82, 2.24) is 4.90 Å². The van der Waals surface area contributed by atoms with Crippen LogP contribution in [0.15, 0.2) is 48.5 Å². The summed E-state index contributed by atoms with van der Waals surface area (Å²) in [4.78, 5) is 25.8. The monoisotopic (exact) mass is 404 g/mol. The van der Waals surface area contributed by atoms with E-state index in [0.29, 0.717) is 23.6 Å². The Morgan fingerprint density at radius 2 is 1.89 bits per heavy atom. The molecule has 5 nitrogen and oxygen atoms in total. The summed E-state index contributed by atoms with van der Waals surface area (Å²) in [6.45, 7) is 2.34. The zero-order chi connectivity index (χ0) is 20.3. The lowest BCUT2D eigenvalue weighted by Gasteiger charge is -2.43. The second-order valence-corrected chi connectivity index (χ2v) is 7.44. The largest absolute Gasteiger partial charge is 0.438 e. The molecule has 0 radical (unpaired) electrons. The van der Waals surface area contributed by atoms with Gasteiger partial charge in [0.2, 0.25) is 5.91 Å². The van der Waals surface area contributed by atoms with E-state index in [-0.39, 0.29) is 24.7 Å². The third kappa shape index (κ3) is 4.28. The van der Waals surface area contributed by atoms with Gasteiger partial charge in [0.05, 0.1) is 6.04 Å². The van der Waals surface area contributed by atoms with Crippen LogP contribution < -0.4 is 5.73 Å². The highest BCUT2D eigenvalue weighted by Gasteiger charge is 2.43. The number of cyclic esters (lactones) is 1. The number of nitrogens with two attached hydrogens (primary N) is 1. The fourth-order valence-corrected chi connectivity index (χ4v) is 3.67. The standard InChI is InChI=1S/C21H22ClFN2O3/c1-14(15-2-6-17(22)7-3-15)25-13-12-21(28-20(25)27,11-10-19(24)26)16-4-8-18(23)9-5-16/h2-9,14H,10-13H2,1H3,(H2,24,26)/t14-,21?/m0/s1. The Morgan fingerprint density at radius 3 is 2.46 bits per heavy atom. The van der Waals surface area contributed by atoms with Crippen LogP contribution in [-0.2, 0) is 15.1 Å². The predicted octanol–water partition coefficient (Wildman–Crippen LogP) is 4.54. The molecule has 2 aromatic rings. The molecule has 2 amide bonds. The lowest BCUT2D eigenvalue weighted by molar-refractivity contribution is -0.121. The maximum atomic E-state index is 13.4. The van der Waals surface area contributed by atoms with E-state index in [9.17, 15) is 14.0 Å². The molecular weight excluding hydrogens is 383 g/mol. The highest BCUT2D eigenvalue weighted by Crippen LogP contribution is 2.40. The second kappa shape index (κ2) is 8.19. The molecule has 0 bridgehead atoms.